The Labute approximate surface area is 180 Å². The van der Waals surface area contributed by atoms with Crippen molar-refractivity contribution in [3.8, 4) is 0 Å². The number of para-hydroxylation sites is 1. The summed E-state index contributed by atoms with van der Waals surface area (Å²) in [6.45, 7) is 1.12. The number of esters is 1. The summed E-state index contributed by atoms with van der Waals surface area (Å²) in [5, 5.41) is 4.59. The molecule has 0 bridgehead atoms. The van der Waals surface area contributed by atoms with E-state index in [1.807, 2.05) is 30.0 Å². The van der Waals surface area contributed by atoms with Crippen LogP contribution in [-0.4, -0.2) is 52.8 Å². The van der Waals surface area contributed by atoms with Crippen molar-refractivity contribution >= 4 is 46.0 Å². The summed E-state index contributed by atoms with van der Waals surface area (Å²) in [4.78, 5) is 26.9. The number of ether oxygens (including phenoxy) is 1. The van der Waals surface area contributed by atoms with E-state index in [0.29, 0.717) is 23.6 Å². The third kappa shape index (κ3) is 4.75. The predicted octanol–water partition coefficient (Wildman–Crippen LogP) is 2.55. The SMILES string of the molecule is COC(=O)[C@@H](CCSC)NC(=S)N(C)Cc1cc2cccc3c2n(c1=O)CCC3. The van der Waals surface area contributed by atoms with E-state index in [1.54, 1.807) is 16.7 Å². The Kier molecular flexibility index (Phi) is 7.18. The van der Waals surface area contributed by atoms with Crippen LogP contribution in [0.25, 0.3) is 10.9 Å². The number of rotatable bonds is 7. The molecule has 1 N–H and O–H groups in total. The molecule has 8 heteroatoms. The van der Waals surface area contributed by atoms with E-state index in [4.69, 9.17) is 17.0 Å². The van der Waals surface area contributed by atoms with E-state index in [2.05, 4.69) is 17.4 Å². The van der Waals surface area contributed by atoms with Crippen LogP contribution in [0, 0.1) is 0 Å². The Morgan fingerprint density at radius 1 is 1.45 bits per heavy atom. The lowest BCUT2D eigenvalue weighted by atomic mass is 10.00. The summed E-state index contributed by atoms with van der Waals surface area (Å²) in [7, 11) is 3.20. The number of carbonyl (C=O) groups excluding carboxylic acids is 1. The normalized spacial score (nSPS) is 13.8. The molecule has 0 saturated carbocycles. The summed E-state index contributed by atoms with van der Waals surface area (Å²) < 4.78 is 6.77. The highest BCUT2D eigenvalue weighted by Gasteiger charge is 2.22. The maximum absolute atomic E-state index is 13.1. The molecule has 1 aromatic carbocycles. The second-order valence-electron chi connectivity index (χ2n) is 7.25. The third-order valence-electron chi connectivity index (χ3n) is 5.25. The van der Waals surface area contributed by atoms with Crippen LogP contribution >= 0.6 is 24.0 Å². The van der Waals surface area contributed by atoms with Gasteiger partial charge in [-0.15, -0.1) is 0 Å². The molecule has 3 rings (SSSR count). The first-order chi connectivity index (χ1) is 14.0. The number of aromatic nitrogens is 1. The Balaban J connectivity index is 1.80. The molecule has 0 fully saturated rings. The largest absolute Gasteiger partial charge is 0.467 e. The maximum atomic E-state index is 13.1. The number of hydrogen-bond acceptors (Lipinski definition) is 5. The van der Waals surface area contributed by atoms with Gasteiger partial charge in [-0.3, -0.25) is 4.79 Å². The minimum absolute atomic E-state index is 0.0335. The van der Waals surface area contributed by atoms with Crippen LogP contribution in [0.4, 0.5) is 0 Å². The quantitative estimate of drug-likeness (QED) is 0.532. The van der Waals surface area contributed by atoms with Gasteiger partial charge in [0.25, 0.3) is 5.56 Å². The third-order valence-corrected chi connectivity index (χ3v) is 6.32. The molecule has 156 valence electrons. The Hall–Kier alpha value is -2.06. The number of nitrogens with zero attached hydrogens (tertiary/aromatic N) is 2. The Bertz CT molecular complexity index is 974. The molecule has 2 aromatic rings. The number of pyridine rings is 1. The number of thioether (sulfide) groups is 1. The fourth-order valence-electron chi connectivity index (χ4n) is 3.75. The Morgan fingerprint density at radius 2 is 2.24 bits per heavy atom. The van der Waals surface area contributed by atoms with Gasteiger partial charge in [-0.2, -0.15) is 11.8 Å². The van der Waals surface area contributed by atoms with Crippen LogP contribution in [0.2, 0.25) is 0 Å². The summed E-state index contributed by atoms with van der Waals surface area (Å²) in [5.41, 5.74) is 3.02. The molecule has 0 radical (unpaired) electrons. The zero-order valence-electron chi connectivity index (χ0n) is 17.1. The van der Waals surface area contributed by atoms with Crippen LogP contribution in [0.3, 0.4) is 0 Å². The first-order valence-electron chi connectivity index (χ1n) is 9.69. The molecule has 0 amide bonds. The fraction of sp³-hybridized carbons (Fsp3) is 0.476. The molecule has 29 heavy (non-hydrogen) atoms. The second-order valence-corrected chi connectivity index (χ2v) is 8.62. The Morgan fingerprint density at radius 3 is 2.97 bits per heavy atom. The summed E-state index contributed by atoms with van der Waals surface area (Å²) in [6.07, 6.45) is 4.59. The van der Waals surface area contributed by atoms with Crippen LogP contribution in [-0.2, 0) is 29.0 Å². The van der Waals surface area contributed by atoms with Crippen molar-refractivity contribution in [2.75, 3.05) is 26.2 Å². The summed E-state index contributed by atoms with van der Waals surface area (Å²) in [6, 6.07) is 7.67. The molecule has 0 aliphatic carbocycles. The van der Waals surface area contributed by atoms with E-state index in [0.717, 1.165) is 36.0 Å². The molecule has 0 spiro atoms. The topological polar surface area (TPSA) is 63.6 Å². The average molecular weight is 434 g/mol. The first kappa shape index (κ1) is 21.6. The second kappa shape index (κ2) is 9.63. The van der Waals surface area contributed by atoms with E-state index in [9.17, 15) is 9.59 Å². The van der Waals surface area contributed by atoms with E-state index < -0.39 is 6.04 Å². The lowest BCUT2D eigenvalue weighted by Crippen LogP contribution is -2.47. The van der Waals surface area contributed by atoms with Gasteiger partial charge in [0.05, 0.1) is 19.2 Å². The van der Waals surface area contributed by atoms with Crippen LogP contribution < -0.4 is 10.9 Å². The predicted molar refractivity (Wildman–Crippen MR) is 123 cm³/mol. The number of aryl methyl sites for hydroxylation is 2. The van der Waals surface area contributed by atoms with E-state index in [1.165, 1.54) is 12.7 Å². The average Bonchev–Trinajstić information content (AvgIpc) is 2.73. The molecular weight excluding hydrogens is 406 g/mol. The van der Waals surface area contributed by atoms with Crippen LogP contribution in [0.15, 0.2) is 29.1 Å². The standard InChI is InChI=1S/C21H27N3O3S2/c1-23(21(28)22-17(9-11-29-3)20(26)27-2)13-16-12-15-7-4-6-14-8-5-10-24(18(14)15)19(16)25/h4,6-7,12,17H,5,8-11,13H2,1-3H3,(H,22,28)/t17-/m1/s1. The summed E-state index contributed by atoms with van der Waals surface area (Å²) in [5.74, 6) is 0.481. The van der Waals surface area contributed by atoms with Gasteiger partial charge in [-0.05, 0) is 60.5 Å². The van der Waals surface area contributed by atoms with Gasteiger partial charge in [0, 0.05) is 19.2 Å². The minimum atomic E-state index is -0.496. The van der Waals surface area contributed by atoms with Crippen molar-refractivity contribution in [1.82, 2.24) is 14.8 Å². The number of thiocarbonyl (C=S) groups is 1. The maximum Gasteiger partial charge on any atom is 0.328 e. The number of carbonyl (C=O) groups is 1. The van der Waals surface area contributed by atoms with Crippen molar-refractivity contribution in [2.24, 2.45) is 0 Å². The van der Waals surface area contributed by atoms with Crippen molar-refractivity contribution in [1.29, 1.82) is 0 Å². The van der Waals surface area contributed by atoms with E-state index in [-0.39, 0.29) is 11.5 Å². The van der Waals surface area contributed by atoms with Crippen LogP contribution in [0.1, 0.15) is 24.0 Å². The first-order valence-corrected chi connectivity index (χ1v) is 11.5. The van der Waals surface area contributed by atoms with Crippen molar-refractivity contribution in [3.63, 3.8) is 0 Å². The minimum Gasteiger partial charge on any atom is -0.467 e. The molecule has 1 atom stereocenters. The lowest BCUT2D eigenvalue weighted by molar-refractivity contribution is -0.142. The highest BCUT2D eigenvalue weighted by molar-refractivity contribution is 7.98. The molecular formula is C21H27N3O3S2. The molecule has 1 aliphatic heterocycles. The van der Waals surface area contributed by atoms with Gasteiger partial charge in [-0.25, -0.2) is 4.79 Å². The van der Waals surface area contributed by atoms with Gasteiger partial charge in [0.1, 0.15) is 6.04 Å². The van der Waals surface area contributed by atoms with Gasteiger partial charge in [0.2, 0.25) is 0 Å². The number of nitrogens with one attached hydrogen (secondary N) is 1. The zero-order chi connectivity index (χ0) is 21.0. The lowest BCUT2D eigenvalue weighted by Gasteiger charge is -2.26. The van der Waals surface area contributed by atoms with Crippen molar-refractivity contribution in [3.05, 3.63) is 45.7 Å². The van der Waals surface area contributed by atoms with Gasteiger partial charge < -0.3 is 19.5 Å². The van der Waals surface area contributed by atoms with Crippen LogP contribution in [0.5, 0.6) is 0 Å². The van der Waals surface area contributed by atoms with Gasteiger partial charge in [0.15, 0.2) is 5.11 Å². The van der Waals surface area contributed by atoms with Crippen molar-refractivity contribution in [2.45, 2.75) is 38.4 Å². The monoisotopic (exact) mass is 433 g/mol. The highest BCUT2D eigenvalue weighted by Crippen LogP contribution is 2.24. The summed E-state index contributed by atoms with van der Waals surface area (Å²) >= 11 is 7.15. The van der Waals surface area contributed by atoms with Gasteiger partial charge >= 0.3 is 5.97 Å². The molecule has 1 aliphatic rings. The fourth-order valence-corrected chi connectivity index (χ4v) is 4.43. The zero-order valence-corrected chi connectivity index (χ0v) is 18.7. The molecule has 6 nitrogen and oxygen atoms in total. The molecule has 1 aromatic heterocycles. The number of hydrogen-bond donors (Lipinski definition) is 1. The van der Waals surface area contributed by atoms with Crippen molar-refractivity contribution < 1.29 is 9.53 Å². The highest BCUT2D eigenvalue weighted by atomic mass is 32.2. The van der Waals surface area contributed by atoms with Gasteiger partial charge in [-0.1, -0.05) is 18.2 Å². The smallest absolute Gasteiger partial charge is 0.328 e. The molecule has 0 saturated heterocycles. The molecule has 0 unspecified atom stereocenters. The number of methoxy groups -OCH3 is 1. The number of benzene rings is 1. The van der Waals surface area contributed by atoms with E-state index >= 15 is 0 Å². The molecule has 2 heterocycles.